The monoisotopic (exact) mass is 288 g/mol. The van der Waals surface area contributed by atoms with Crippen molar-refractivity contribution in [3.8, 4) is 0 Å². The van der Waals surface area contributed by atoms with Crippen molar-refractivity contribution >= 4 is 33.5 Å². The van der Waals surface area contributed by atoms with E-state index in [4.69, 9.17) is 0 Å². The molecule has 0 aliphatic rings. The van der Waals surface area contributed by atoms with E-state index in [0.29, 0.717) is 5.75 Å². The van der Waals surface area contributed by atoms with Crippen LogP contribution in [0.25, 0.3) is 0 Å². The summed E-state index contributed by atoms with van der Waals surface area (Å²) >= 11 is 5.06. The molecule has 1 aromatic rings. The van der Waals surface area contributed by atoms with Crippen LogP contribution in [0.5, 0.6) is 0 Å². The molecule has 0 aliphatic heterocycles. The number of benzene rings is 1. The maximum absolute atomic E-state index is 10.7. The Bertz CT molecular complexity index is 299. The fourth-order valence-electron chi connectivity index (χ4n) is 0.939. The molecule has 0 bridgehead atoms. The van der Waals surface area contributed by atoms with Gasteiger partial charge in [-0.2, -0.15) is 0 Å². The molecule has 0 fully saturated rings. The molecule has 0 radical (unpaired) electrons. The second-order valence-electron chi connectivity index (χ2n) is 2.82. The lowest BCUT2D eigenvalue weighted by Gasteiger charge is -2.00. The third kappa shape index (κ3) is 7.63. The largest absolute Gasteiger partial charge is 0.299 e. The fourth-order valence-corrected chi connectivity index (χ4v) is 2.19. The van der Waals surface area contributed by atoms with Gasteiger partial charge in [0.05, 0.1) is 5.75 Å². The molecule has 15 heavy (non-hydrogen) atoms. The molecular weight excluding hydrogens is 272 g/mol. The fraction of sp³-hybridized carbons (Fsp3) is 0.417. The van der Waals surface area contributed by atoms with Gasteiger partial charge in [-0.05, 0) is 24.6 Å². The Kier molecular flexibility index (Phi) is 8.82. The first-order valence-corrected chi connectivity index (χ1v) is 6.95. The minimum atomic E-state index is 0.236. The highest BCUT2D eigenvalue weighted by Crippen LogP contribution is 2.16. The van der Waals surface area contributed by atoms with E-state index in [1.165, 1.54) is 5.56 Å². The summed E-state index contributed by atoms with van der Waals surface area (Å²) < 4.78 is 1.09. The molecule has 0 saturated carbocycles. The van der Waals surface area contributed by atoms with Crippen LogP contribution >= 0.6 is 27.7 Å². The molecule has 0 aromatic heterocycles. The summed E-state index contributed by atoms with van der Waals surface area (Å²) in [6.45, 7) is 5.62. The Labute approximate surface area is 105 Å². The van der Waals surface area contributed by atoms with Gasteiger partial charge in [-0.1, -0.05) is 41.9 Å². The number of thioether (sulfide) groups is 1. The van der Waals surface area contributed by atoms with Crippen LogP contribution < -0.4 is 0 Å². The second kappa shape index (κ2) is 8.98. The standard InChI is InChI=1S/C10H11BrOS.C2H6/c1-8(12)6-13-7-9-3-2-4-10(11)5-9;1-2/h2-5H,6-7H2,1H3;1-2H3. The van der Waals surface area contributed by atoms with E-state index in [2.05, 4.69) is 28.1 Å². The van der Waals surface area contributed by atoms with Gasteiger partial charge in [-0.15, -0.1) is 11.8 Å². The van der Waals surface area contributed by atoms with Crippen molar-refractivity contribution in [3.63, 3.8) is 0 Å². The molecule has 84 valence electrons. The zero-order valence-corrected chi connectivity index (χ0v) is 11.8. The molecule has 0 unspecified atom stereocenters. The molecule has 0 saturated heterocycles. The number of carbonyl (C=O) groups is 1. The van der Waals surface area contributed by atoms with Crippen LogP contribution in [0.3, 0.4) is 0 Å². The lowest BCUT2D eigenvalue weighted by molar-refractivity contribution is -0.114. The smallest absolute Gasteiger partial charge is 0.139 e. The molecular formula is C12H17BrOS. The predicted octanol–water partition coefficient (Wildman–Crippen LogP) is 4.30. The van der Waals surface area contributed by atoms with Crippen LogP contribution in [0.2, 0.25) is 0 Å². The predicted molar refractivity (Wildman–Crippen MR) is 72.3 cm³/mol. The van der Waals surface area contributed by atoms with E-state index < -0.39 is 0 Å². The lowest BCUT2D eigenvalue weighted by atomic mass is 10.2. The lowest BCUT2D eigenvalue weighted by Crippen LogP contribution is -1.93. The SMILES string of the molecule is CC.CC(=O)CSCc1cccc(Br)c1. The molecule has 0 amide bonds. The number of hydrogen-bond donors (Lipinski definition) is 0. The topological polar surface area (TPSA) is 17.1 Å². The number of rotatable bonds is 4. The number of ketones is 1. The minimum absolute atomic E-state index is 0.236. The highest BCUT2D eigenvalue weighted by molar-refractivity contribution is 9.10. The number of hydrogen-bond acceptors (Lipinski definition) is 2. The van der Waals surface area contributed by atoms with E-state index in [0.717, 1.165) is 10.2 Å². The van der Waals surface area contributed by atoms with E-state index in [9.17, 15) is 4.79 Å². The molecule has 0 N–H and O–H groups in total. The molecule has 1 nitrogen and oxygen atoms in total. The van der Waals surface area contributed by atoms with Crippen LogP contribution in [-0.4, -0.2) is 11.5 Å². The molecule has 0 aliphatic carbocycles. The van der Waals surface area contributed by atoms with Crippen LogP contribution in [0.4, 0.5) is 0 Å². The Balaban J connectivity index is 0.000000921. The van der Waals surface area contributed by atoms with Crippen LogP contribution in [-0.2, 0) is 10.5 Å². The maximum atomic E-state index is 10.7. The van der Waals surface area contributed by atoms with Gasteiger partial charge in [0.15, 0.2) is 0 Å². The first kappa shape index (κ1) is 14.7. The summed E-state index contributed by atoms with van der Waals surface area (Å²) in [5.41, 5.74) is 1.25. The average Bonchev–Trinajstić information content (AvgIpc) is 2.20. The zero-order valence-electron chi connectivity index (χ0n) is 9.42. The molecule has 1 aromatic carbocycles. The molecule has 0 atom stereocenters. The van der Waals surface area contributed by atoms with E-state index in [1.54, 1.807) is 18.7 Å². The second-order valence-corrected chi connectivity index (χ2v) is 4.73. The van der Waals surface area contributed by atoms with Crippen molar-refractivity contribution in [2.24, 2.45) is 0 Å². The van der Waals surface area contributed by atoms with E-state index in [-0.39, 0.29) is 5.78 Å². The maximum Gasteiger partial charge on any atom is 0.139 e. The number of halogens is 1. The summed E-state index contributed by atoms with van der Waals surface area (Å²) in [5, 5.41) is 0. The van der Waals surface area contributed by atoms with Gasteiger partial charge in [0.25, 0.3) is 0 Å². The third-order valence-corrected chi connectivity index (χ3v) is 3.10. The Morgan fingerprint density at radius 1 is 1.40 bits per heavy atom. The van der Waals surface area contributed by atoms with Gasteiger partial charge in [0.2, 0.25) is 0 Å². The van der Waals surface area contributed by atoms with Gasteiger partial charge in [0, 0.05) is 10.2 Å². The molecule has 0 heterocycles. The van der Waals surface area contributed by atoms with E-state index in [1.807, 2.05) is 26.0 Å². The van der Waals surface area contributed by atoms with Crippen molar-refractivity contribution < 1.29 is 4.79 Å². The van der Waals surface area contributed by atoms with E-state index >= 15 is 0 Å². The van der Waals surface area contributed by atoms with Crippen LogP contribution in [0.15, 0.2) is 28.7 Å². The van der Waals surface area contributed by atoms with Crippen molar-refractivity contribution in [2.45, 2.75) is 26.5 Å². The van der Waals surface area contributed by atoms with Gasteiger partial charge in [-0.3, -0.25) is 4.79 Å². The van der Waals surface area contributed by atoms with Crippen LogP contribution in [0, 0.1) is 0 Å². The minimum Gasteiger partial charge on any atom is -0.299 e. The Morgan fingerprint density at radius 3 is 2.60 bits per heavy atom. The third-order valence-electron chi connectivity index (χ3n) is 1.46. The summed E-state index contributed by atoms with van der Waals surface area (Å²) in [4.78, 5) is 10.7. The van der Waals surface area contributed by atoms with Gasteiger partial charge >= 0.3 is 0 Å². The summed E-state index contributed by atoms with van der Waals surface area (Å²) in [6.07, 6.45) is 0. The highest BCUT2D eigenvalue weighted by Gasteiger charge is 1.96. The molecule has 1 rings (SSSR count). The van der Waals surface area contributed by atoms with Crippen molar-refractivity contribution in [3.05, 3.63) is 34.3 Å². The zero-order chi connectivity index (χ0) is 11.7. The Hall–Kier alpha value is -0.280. The normalized spacial score (nSPS) is 9.07. The summed E-state index contributed by atoms with van der Waals surface area (Å²) in [5.74, 6) is 1.74. The molecule has 3 heteroatoms. The summed E-state index contributed by atoms with van der Waals surface area (Å²) in [7, 11) is 0. The first-order valence-electron chi connectivity index (χ1n) is 5.00. The quantitative estimate of drug-likeness (QED) is 0.822. The first-order chi connectivity index (χ1) is 7.18. The number of carbonyl (C=O) groups excluding carboxylic acids is 1. The van der Waals surface area contributed by atoms with Crippen molar-refractivity contribution in [1.82, 2.24) is 0 Å². The van der Waals surface area contributed by atoms with Crippen molar-refractivity contribution in [1.29, 1.82) is 0 Å². The van der Waals surface area contributed by atoms with Gasteiger partial charge in [0.1, 0.15) is 5.78 Å². The van der Waals surface area contributed by atoms with Gasteiger partial charge in [-0.25, -0.2) is 0 Å². The highest BCUT2D eigenvalue weighted by atomic mass is 79.9. The van der Waals surface area contributed by atoms with Crippen LogP contribution in [0.1, 0.15) is 26.3 Å². The molecule has 0 spiro atoms. The summed E-state index contributed by atoms with van der Waals surface area (Å²) in [6, 6.07) is 8.15. The average molecular weight is 289 g/mol. The van der Waals surface area contributed by atoms with Gasteiger partial charge < -0.3 is 0 Å². The Morgan fingerprint density at radius 2 is 2.07 bits per heavy atom. The van der Waals surface area contributed by atoms with Crippen molar-refractivity contribution in [2.75, 3.05) is 5.75 Å². The number of Topliss-reactive ketones (excluding diaryl/α,β-unsaturated/α-hetero) is 1.